The monoisotopic (exact) mass is 374 g/mol. The molecular formula is C19H20NO3S2-. The molecule has 25 heavy (non-hydrogen) atoms. The van der Waals surface area contributed by atoms with Gasteiger partial charge in [0.15, 0.2) is 0 Å². The number of benzene rings is 1. The summed E-state index contributed by atoms with van der Waals surface area (Å²) < 4.78 is 0.559. The number of carbonyl (C=O) groups is 2. The van der Waals surface area contributed by atoms with Gasteiger partial charge in [0.2, 0.25) is 0 Å². The summed E-state index contributed by atoms with van der Waals surface area (Å²) in [4.78, 5) is 25.1. The van der Waals surface area contributed by atoms with Gasteiger partial charge in [-0.05, 0) is 43.4 Å². The number of carbonyl (C=O) groups excluding carboxylic acids is 2. The van der Waals surface area contributed by atoms with Gasteiger partial charge in [0.25, 0.3) is 5.91 Å². The van der Waals surface area contributed by atoms with Gasteiger partial charge in [0.1, 0.15) is 4.32 Å². The van der Waals surface area contributed by atoms with Crippen LogP contribution in [0.1, 0.15) is 38.2 Å². The molecule has 1 aromatic rings. The van der Waals surface area contributed by atoms with Crippen LogP contribution in [0.25, 0.3) is 6.08 Å². The second-order valence-electron chi connectivity index (χ2n) is 5.82. The Morgan fingerprint density at radius 2 is 1.96 bits per heavy atom. The van der Waals surface area contributed by atoms with Crippen LogP contribution in [-0.4, -0.2) is 27.6 Å². The summed E-state index contributed by atoms with van der Waals surface area (Å²) in [5.41, 5.74) is 2.07. The van der Waals surface area contributed by atoms with Crippen LogP contribution in [0, 0.1) is 0 Å². The predicted molar refractivity (Wildman–Crippen MR) is 104 cm³/mol. The maximum atomic E-state index is 12.5. The van der Waals surface area contributed by atoms with Crippen molar-refractivity contribution in [1.82, 2.24) is 4.90 Å². The van der Waals surface area contributed by atoms with E-state index in [0.717, 1.165) is 24.0 Å². The van der Waals surface area contributed by atoms with Crippen LogP contribution in [0.5, 0.6) is 0 Å². The number of hydrogen-bond donors (Lipinski definition) is 0. The van der Waals surface area contributed by atoms with E-state index in [2.05, 4.69) is 0 Å². The number of rotatable bonds is 8. The van der Waals surface area contributed by atoms with E-state index in [1.165, 1.54) is 11.8 Å². The van der Waals surface area contributed by atoms with Gasteiger partial charge in [-0.2, -0.15) is 0 Å². The Balaban J connectivity index is 1.93. The van der Waals surface area contributed by atoms with Crippen LogP contribution in [0.15, 0.2) is 46.9 Å². The Labute approximate surface area is 157 Å². The lowest BCUT2D eigenvalue weighted by Crippen LogP contribution is -2.29. The van der Waals surface area contributed by atoms with Crippen molar-refractivity contribution in [3.05, 3.63) is 52.4 Å². The number of thiocarbonyl (C=S) groups is 1. The van der Waals surface area contributed by atoms with Crippen molar-refractivity contribution < 1.29 is 14.7 Å². The van der Waals surface area contributed by atoms with Gasteiger partial charge in [-0.25, -0.2) is 0 Å². The standard InChI is InChI=1S/C19H21NO3S2/c1-14(12-15-8-4-2-5-9-15)13-16-18(23)20(19(24)25-16)11-7-3-6-10-17(21)22/h2,4-5,8-9,12-13H,3,6-7,10-11H2,1H3,(H,21,22)/p-1/b14-12+,16-13-. The molecule has 0 N–H and O–H groups in total. The molecular weight excluding hydrogens is 354 g/mol. The van der Waals surface area contributed by atoms with E-state index in [0.29, 0.717) is 22.2 Å². The highest BCUT2D eigenvalue weighted by molar-refractivity contribution is 8.26. The zero-order chi connectivity index (χ0) is 18.2. The SMILES string of the molecule is CC(/C=C1\SC(=S)N(CCCCCC(=O)[O-])C1=O)=C\c1ccccc1. The van der Waals surface area contributed by atoms with Crippen LogP contribution < -0.4 is 5.11 Å². The van der Waals surface area contributed by atoms with Crippen molar-refractivity contribution in [3.8, 4) is 0 Å². The molecule has 1 aromatic carbocycles. The Morgan fingerprint density at radius 1 is 1.24 bits per heavy atom. The van der Waals surface area contributed by atoms with Crippen molar-refractivity contribution in [3.63, 3.8) is 0 Å². The van der Waals surface area contributed by atoms with Crippen LogP contribution in [0.2, 0.25) is 0 Å². The van der Waals surface area contributed by atoms with Crippen LogP contribution >= 0.6 is 24.0 Å². The minimum absolute atomic E-state index is 0.0573. The molecule has 1 saturated heterocycles. The molecule has 1 amide bonds. The third kappa shape index (κ3) is 6.14. The summed E-state index contributed by atoms with van der Waals surface area (Å²) in [5.74, 6) is -1.11. The average molecular weight is 375 g/mol. The molecule has 0 bridgehead atoms. The zero-order valence-electron chi connectivity index (χ0n) is 14.1. The highest BCUT2D eigenvalue weighted by Crippen LogP contribution is 2.32. The first-order chi connectivity index (χ1) is 12.0. The number of unbranched alkanes of at least 4 members (excludes halogenated alkanes) is 2. The smallest absolute Gasteiger partial charge is 0.266 e. The van der Waals surface area contributed by atoms with Crippen molar-refractivity contribution >= 4 is 46.3 Å². The first-order valence-electron chi connectivity index (χ1n) is 8.16. The fraction of sp³-hybridized carbons (Fsp3) is 0.316. The summed E-state index contributed by atoms with van der Waals surface area (Å²) >= 11 is 6.61. The Kier molecular flexibility index (Phi) is 7.40. The summed E-state index contributed by atoms with van der Waals surface area (Å²) in [6.45, 7) is 2.48. The van der Waals surface area contributed by atoms with E-state index in [9.17, 15) is 14.7 Å². The first-order valence-corrected chi connectivity index (χ1v) is 9.38. The average Bonchev–Trinajstić information content (AvgIpc) is 2.82. The molecule has 1 aliphatic heterocycles. The fourth-order valence-electron chi connectivity index (χ4n) is 2.47. The molecule has 132 valence electrons. The third-order valence-electron chi connectivity index (χ3n) is 3.69. The number of nitrogens with zero attached hydrogens (tertiary/aromatic N) is 1. The topological polar surface area (TPSA) is 60.4 Å². The summed E-state index contributed by atoms with van der Waals surface area (Å²) in [7, 11) is 0. The van der Waals surface area contributed by atoms with Crippen molar-refractivity contribution in [2.45, 2.75) is 32.6 Å². The quantitative estimate of drug-likeness (QED) is 0.397. The second-order valence-corrected chi connectivity index (χ2v) is 7.49. The second kappa shape index (κ2) is 9.53. The Morgan fingerprint density at radius 3 is 2.64 bits per heavy atom. The van der Waals surface area contributed by atoms with E-state index in [1.807, 2.05) is 49.4 Å². The number of carboxylic acid groups (broad SMARTS) is 1. The lowest BCUT2D eigenvalue weighted by molar-refractivity contribution is -0.305. The highest BCUT2D eigenvalue weighted by atomic mass is 32.2. The predicted octanol–water partition coefficient (Wildman–Crippen LogP) is 3.14. The molecule has 0 saturated carbocycles. The number of thioether (sulfide) groups is 1. The molecule has 1 heterocycles. The van der Waals surface area contributed by atoms with Crippen LogP contribution in [0.3, 0.4) is 0 Å². The van der Waals surface area contributed by atoms with Gasteiger partial charge in [-0.15, -0.1) is 0 Å². The van der Waals surface area contributed by atoms with Crippen molar-refractivity contribution in [2.75, 3.05) is 6.54 Å². The minimum Gasteiger partial charge on any atom is -0.550 e. The number of amides is 1. The largest absolute Gasteiger partial charge is 0.550 e. The Bertz CT molecular complexity index is 711. The minimum atomic E-state index is -1.03. The van der Waals surface area contributed by atoms with Gasteiger partial charge in [-0.3, -0.25) is 9.69 Å². The van der Waals surface area contributed by atoms with Crippen LogP contribution in [0.4, 0.5) is 0 Å². The van der Waals surface area contributed by atoms with Crippen molar-refractivity contribution in [1.29, 1.82) is 0 Å². The molecule has 4 nitrogen and oxygen atoms in total. The maximum absolute atomic E-state index is 12.5. The summed E-state index contributed by atoms with van der Waals surface area (Å²) in [5, 5.41) is 10.4. The zero-order valence-corrected chi connectivity index (χ0v) is 15.7. The first kappa shape index (κ1) is 19.4. The maximum Gasteiger partial charge on any atom is 0.266 e. The molecule has 0 spiro atoms. The summed E-state index contributed by atoms with van der Waals surface area (Å²) in [6.07, 6.45) is 5.96. The molecule has 0 aromatic heterocycles. The van der Waals surface area contributed by atoms with Gasteiger partial charge in [0, 0.05) is 12.5 Å². The number of hydrogen-bond acceptors (Lipinski definition) is 5. The summed E-state index contributed by atoms with van der Waals surface area (Å²) in [6, 6.07) is 9.92. The molecule has 1 aliphatic rings. The fourth-order valence-corrected chi connectivity index (χ4v) is 3.83. The van der Waals surface area contributed by atoms with Crippen molar-refractivity contribution in [2.24, 2.45) is 0 Å². The number of carboxylic acids is 1. The lowest BCUT2D eigenvalue weighted by atomic mass is 10.1. The van der Waals surface area contributed by atoms with E-state index in [4.69, 9.17) is 12.2 Å². The lowest BCUT2D eigenvalue weighted by Gasteiger charge is -2.14. The third-order valence-corrected chi connectivity index (χ3v) is 5.07. The highest BCUT2D eigenvalue weighted by Gasteiger charge is 2.31. The molecule has 1 fully saturated rings. The molecule has 2 rings (SSSR count). The van der Waals surface area contributed by atoms with E-state index in [-0.39, 0.29) is 12.3 Å². The van der Waals surface area contributed by atoms with Gasteiger partial charge in [0.05, 0.1) is 4.91 Å². The molecule has 0 unspecified atom stereocenters. The molecule has 0 aliphatic carbocycles. The van der Waals surface area contributed by atoms with Gasteiger partial charge in [-0.1, -0.05) is 66.8 Å². The molecule has 6 heteroatoms. The van der Waals surface area contributed by atoms with Crippen LogP contribution in [-0.2, 0) is 9.59 Å². The van der Waals surface area contributed by atoms with E-state index in [1.54, 1.807) is 4.90 Å². The normalized spacial score (nSPS) is 16.8. The molecule has 0 atom stereocenters. The van der Waals surface area contributed by atoms with Gasteiger partial charge < -0.3 is 9.90 Å². The van der Waals surface area contributed by atoms with Gasteiger partial charge >= 0.3 is 0 Å². The number of aliphatic carboxylic acids is 1. The number of allylic oxidation sites excluding steroid dienone is 2. The molecule has 0 radical (unpaired) electrons. The van der Waals surface area contributed by atoms with E-state index >= 15 is 0 Å². The van der Waals surface area contributed by atoms with E-state index < -0.39 is 5.97 Å². The Hall–Kier alpha value is -1.92.